The second kappa shape index (κ2) is 8.47. The van der Waals surface area contributed by atoms with Crippen molar-refractivity contribution < 1.29 is 23.5 Å². The summed E-state index contributed by atoms with van der Waals surface area (Å²) in [6.45, 7) is 9.77. The van der Waals surface area contributed by atoms with Crippen molar-refractivity contribution in [2.75, 3.05) is 19.8 Å². The Morgan fingerprint density at radius 3 is 2.48 bits per heavy atom. The second-order valence-corrected chi connectivity index (χ2v) is 10.5. The Morgan fingerprint density at radius 1 is 1.28 bits per heavy atom. The first kappa shape index (κ1) is 20.1. The van der Waals surface area contributed by atoms with Crippen molar-refractivity contribution in [1.82, 2.24) is 5.32 Å². The molecule has 2 rings (SSSR count). The lowest BCUT2D eigenvalue weighted by Crippen LogP contribution is -2.42. The van der Waals surface area contributed by atoms with E-state index in [1.807, 2.05) is 33.4 Å². The predicted octanol–water partition coefficient (Wildman–Crippen LogP) is 2.55. The number of allylic oxidation sites excluding steroid dienone is 2. The Morgan fingerprint density at radius 2 is 1.92 bits per heavy atom. The van der Waals surface area contributed by atoms with Crippen molar-refractivity contribution in [1.29, 1.82) is 0 Å². The van der Waals surface area contributed by atoms with Crippen LogP contribution >= 0.6 is 0 Å². The van der Waals surface area contributed by atoms with Crippen LogP contribution in [0, 0.1) is 23.7 Å². The summed E-state index contributed by atoms with van der Waals surface area (Å²) in [7, 11) is -2.16. The van der Waals surface area contributed by atoms with E-state index in [2.05, 4.69) is 5.32 Å². The lowest BCUT2D eigenvalue weighted by Gasteiger charge is -2.27. The highest BCUT2D eigenvalue weighted by atomic mass is 28.4. The van der Waals surface area contributed by atoms with Crippen LogP contribution in [0.1, 0.15) is 33.6 Å². The molecule has 0 radical (unpaired) electrons. The first-order valence-electron chi connectivity index (χ1n) is 9.29. The van der Waals surface area contributed by atoms with Crippen molar-refractivity contribution in [3.63, 3.8) is 0 Å². The fourth-order valence-electron chi connectivity index (χ4n) is 4.42. The number of fused-ring (bicyclic) bond motifs is 2. The first-order valence-corrected chi connectivity index (χ1v) is 11.8. The smallest absolute Gasteiger partial charge is 0.334 e. The molecule has 4 unspecified atom stereocenters. The Bertz CT molecular complexity index is 530. The Balaban J connectivity index is 1.86. The summed E-state index contributed by atoms with van der Waals surface area (Å²) in [5, 5.41) is 12.5. The van der Waals surface area contributed by atoms with Gasteiger partial charge in [-0.15, -0.1) is 0 Å². The molecule has 0 aromatic heterocycles. The molecule has 2 aliphatic carbocycles. The van der Waals surface area contributed by atoms with Gasteiger partial charge in [0.1, 0.15) is 0 Å². The lowest BCUT2D eigenvalue weighted by atomic mass is 9.79. The number of carboxylic acids is 1. The molecule has 2 aliphatic rings. The van der Waals surface area contributed by atoms with Crippen LogP contribution in [0.5, 0.6) is 0 Å². The van der Waals surface area contributed by atoms with Gasteiger partial charge in [0, 0.05) is 19.8 Å². The number of hydrogen-bond donors (Lipinski definition) is 2. The van der Waals surface area contributed by atoms with Gasteiger partial charge in [-0.1, -0.05) is 11.6 Å². The third-order valence-corrected chi connectivity index (χ3v) is 8.52. The monoisotopic (exact) mass is 369 g/mol. The largest absolute Gasteiger partial charge is 0.481 e. The van der Waals surface area contributed by atoms with Crippen molar-refractivity contribution in [3.05, 3.63) is 11.6 Å². The Hall–Kier alpha value is -1.18. The molecule has 142 valence electrons. The molecule has 25 heavy (non-hydrogen) atoms. The van der Waals surface area contributed by atoms with Gasteiger partial charge in [-0.25, -0.2) is 0 Å². The maximum atomic E-state index is 12.6. The zero-order valence-electron chi connectivity index (χ0n) is 15.7. The van der Waals surface area contributed by atoms with Gasteiger partial charge in [-0.05, 0) is 58.0 Å². The summed E-state index contributed by atoms with van der Waals surface area (Å²) in [4.78, 5) is 24.2. The number of nitrogens with one attached hydrogen (secondary N) is 1. The summed E-state index contributed by atoms with van der Waals surface area (Å²) in [6.07, 6.45) is 3.61. The molecule has 0 aromatic rings. The minimum absolute atomic E-state index is 0.00450. The number of carbonyl (C=O) groups is 2. The highest BCUT2D eigenvalue weighted by molar-refractivity contribution is 6.66. The fraction of sp³-hybridized carbons (Fsp3) is 0.778. The van der Waals surface area contributed by atoms with Crippen LogP contribution in [-0.2, 0) is 18.4 Å². The molecule has 1 fully saturated rings. The van der Waals surface area contributed by atoms with E-state index in [1.165, 1.54) is 0 Å². The Labute approximate surface area is 151 Å². The number of carbonyl (C=O) groups excluding carboxylic acids is 1. The van der Waals surface area contributed by atoms with Crippen LogP contribution < -0.4 is 5.32 Å². The van der Waals surface area contributed by atoms with Crippen molar-refractivity contribution in [3.8, 4) is 0 Å². The van der Waals surface area contributed by atoms with Gasteiger partial charge in [0.25, 0.3) is 0 Å². The molecule has 6 nitrogen and oxygen atoms in total. The van der Waals surface area contributed by atoms with Gasteiger partial charge in [0.2, 0.25) is 5.91 Å². The molecule has 4 atom stereocenters. The molecule has 0 aromatic carbocycles. The van der Waals surface area contributed by atoms with E-state index < -0.39 is 26.4 Å². The summed E-state index contributed by atoms with van der Waals surface area (Å²) in [5.41, 5.74) is 1.16. The standard InChI is InChI=1S/C18H31NO5Si/c1-5-23-25(4,24-6-2)9-7-8-19-17(20)16-14-11-13(10-12(14)3)15(16)18(21)22/h10,13-16H,5-9,11H2,1-4H3,(H,19,20)(H,21,22). The number of amides is 1. The number of rotatable bonds is 10. The van der Waals surface area contributed by atoms with Crippen LogP contribution in [-0.4, -0.2) is 45.3 Å². The molecule has 0 saturated heterocycles. The average molecular weight is 370 g/mol. The molecule has 0 spiro atoms. The third kappa shape index (κ3) is 4.51. The van der Waals surface area contributed by atoms with Crippen molar-refractivity contribution in [2.24, 2.45) is 23.7 Å². The van der Waals surface area contributed by atoms with Gasteiger partial charge < -0.3 is 19.3 Å². The molecule has 2 bridgehead atoms. The van der Waals surface area contributed by atoms with Crippen molar-refractivity contribution >= 4 is 20.4 Å². The maximum Gasteiger partial charge on any atom is 0.334 e. The molecular formula is C18H31NO5Si. The van der Waals surface area contributed by atoms with Crippen LogP contribution in [0.15, 0.2) is 11.6 Å². The van der Waals surface area contributed by atoms with Crippen LogP contribution in [0.25, 0.3) is 0 Å². The molecule has 7 heteroatoms. The lowest BCUT2D eigenvalue weighted by molar-refractivity contribution is -0.147. The van der Waals surface area contributed by atoms with Gasteiger partial charge in [0.15, 0.2) is 0 Å². The van der Waals surface area contributed by atoms with E-state index in [-0.39, 0.29) is 17.7 Å². The first-order chi connectivity index (χ1) is 11.8. The SMILES string of the molecule is CCO[Si](C)(CCCNC(=O)C1C2CC(C=C2C)C1C(=O)O)OCC. The third-order valence-electron chi connectivity index (χ3n) is 5.46. The molecule has 2 N–H and O–H groups in total. The van der Waals surface area contributed by atoms with Crippen molar-refractivity contribution in [2.45, 2.75) is 46.2 Å². The number of hydrogen-bond acceptors (Lipinski definition) is 4. The van der Waals surface area contributed by atoms with Gasteiger partial charge in [0.05, 0.1) is 11.8 Å². The summed E-state index contributed by atoms with van der Waals surface area (Å²) in [5.74, 6) is -1.91. The van der Waals surface area contributed by atoms with E-state index in [0.717, 1.165) is 24.5 Å². The number of aliphatic carboxylic acids is 1. The van der Waals surface area contributed by atoms with E-state index in [9.17, 15) is 14.7 Å². The van der Waals surface area contributed by atoms with Gasteiger partial charge in [-0.3, -0.25) is 9.59 Å². The Kier molecular flexibility index (Phi) is 6.82. The quantitative estimate of drug-likeness (QED) is 0.351. The molecule has 1 saturated carbocycles. The van der Waals surface area contributed by atoms with E-state index in [1.54, 1.807) is 0 Å². The molecule has 1 amide bonds. The highest BCUT2D eigenvalue weighted by Crippen LogP contribution is 2.51. The van der Waals surface area contributed by atoms with Crippen LogP contribution in [0.4, 0.5) is 0 Å². The van der Waals surface area contributed by atoms with Gasteiger partial charge in [-0.2, -0.15) is 0 Å². The maximum absolute atomic E-state index is 12.6. The summed E-state index contributed by atoms with van der Waals surface area (Å²) < 4.78 is 11.6. The zero-order chi connectivity index (χ0) is 18.6. The minimum atomic E-state index is -2.16. The van der Waals surface area contributed by atoms with E-state index in [0.29, 0.717) is 19.8 Å². The second-order valence-electron chi connectivity index (χ2n) is 7.20. The van der Waals surface area contributed by atoms with E-state index >= 15 is 0 Å². The average Bonchev–Trinajstić information content (AvgIpc) is 3.08. The minimum Gasteiger partial charge on any atom is -0.481 e. The molecule has 0 aliphatic heterocycles. The molecule has 0 heterocycles. The van der Waals surface area contributed by atoms with Gasteiger partial charge >= 0.3 is 14.5 Å². The van der Waals surface area contributed by atoms with E-state index in [4.69, 9.17) is 8.85 Å². The highest BCUT2D eigenvalue weighted by Gasteiger charge is 2.53. The fourth-order valence-corrected chi connectivity index (χ4v) is 6.84. The predicted molar refractivity (Wildman–Crippen MR) is 97.3 cm³/mol. The summed E-state index contributed by atoms with van der Waals surface area (Å²) in [6, 6.07) is 0.812. The normalized spacial score (nSPS) is 28.1. The van der Waals surface area contributed by atoms with Crippen LogP contribution in [0.3, 0.4) is 0 Å². The molecular weight excluding hydrogens is 338 g/mol. The zero-order valence-corrected chi connectivity index (χ0v) is 16.7. The topological polar surface area (TPSA) is 84.9 Å². The summed E-state index contributed by atoms with van der Waals surface area (Å²) >= 11 is 0. The number of carboxylic acid groups (broad SMARTS) is 1. The van der Waals surface area contributed by atoms with Crippen LogP contribution in [0.2, 0.25) is 12.6 Å².